The monoisotopic (exact) mass is 254 g/mol. The predicted octanol–water partition coefficient (Wildman–Crippen LogP) is 3.24. The second-order valence-electron chi connectivity index (χ2n) is 4.34. The average molecular weight is 254 g/mol. The maximum absolute atomic E-state index is 5.68. The zero-order valence-electron chi connectivity index (χ0n) is 11.7. The quantitative estimate of drug-likeness (QED) is 0.618. The van der Waals surface area contributed by atoms with Gasteiger partial charge in [0.25, 0.3) is 0 Å². The molecule has 0 saturated carbocycles. The van der Waals surface area contributed by atoms with Crippen molar-refractivity contribution in [3.05, 3.63) is 36.2 Å². The van der Waals surface area contributed by atoms with Crippen molar-refractivity contribution in [3.8, 4) is 17.7 Å². The molecule has 0 fully saturated rings. The van der Waals surface area contributed by atoms with Gasteiger partial charge in [-0.15, -0.1) is 12.5 Å². The molecule has 2 rings (SSSR count). The van der Waals surface area contributed by atoms with E-state index in [1.807, 2.05) is 12.1 Å². The van der Waals surface area contributed by atoms with E-state index in [-0.39, 0.29) is 0 Å². The van der Waals surface area contributed by atoms with Crippen LogP contribution < -0.4 is 4.74 Å². The van der Waals surface area contributed by atoms with Crippen LogP contribution in [0, 0.1) is 25.7 Å². The van der Waals surface area contributed by atoms with E-state index in [4.69, 9.17) is 4.74 Å². The summed E-state index contributed by atoms with van der Waals surface area (Å²) >= 11 is 0. The van der Waals surface area contributed by atoms with Gasteiger partial charge in [0.05, 0.1) is 0 Å². The lowest BCUT2D eigenvalue weighted by Crippen LogP contribution is -2.02. The molecule has 2 aromatic rings. The molecule has 0 atom stereocenters. The van der Waals surface area contributed by atoms with Gasteiger partial charge in [-0.3, -0.25) is 0 Å². The highest BCUT2D eigenvalue weighted by Crippen LogP contribution is 2.30. The van der Waals surface area contributed by atoms with Gasteiger partial charge < -0.3 is 9.30 Å². The predicted molar refractivity (Wildman–Crippen MR) is 78.3 cm³/mol. The van der Waals surface area contributed by atoms with Gasteiger partial charge in [-0.1, -0.05) is 12.0 Å². The Morgan fingerprint density at radius 2 is 2.26 bits per heavy atom. The average Bonchev–Trinajstić information content (AvgIpc) is 2.66. The second kappa shape index (κ2) is 5.62. The van der Waals surface area contributed by atoms with Crippen molar-refractivity contribution in [1.82, 2.24) is 9.55 Å². The maximum Gasteiger partial charge on any atom is 0.239 e. The van der Waals surface area contributed by atoms with Crippen molar-refractivity contribution in [2.45, 2.75) is 27.3 Å². The molecule has 19 heavy (non-hydrogen) atoms. The number of aromatic nitrogens is 2. The summed E-state index contributed by atoms with van der Waals surface area (Å²) in [5, 5.41) is 1.17. The SMILES string of the molecule is C=CCn1c(C)c(C)c2ccnc(OCC#CC)c21. The van der Waals surface area contributed by atoms with Crippen LogP contribution in [0.15, 0.2) is 24.9 Å². The molecule has 0 aliphatic rings. The molecule has 2 heterocycles. The van der Waals surface area contributed by atoms with Crippen LogP contribution in [-0.2, 0) is 6.54 Å². The standard InChI is InChI=1S/C16H18N2O/c1-5-7-11-19-16-15-14(8-9-17-16)12(3)13(4)18(15)10-6-2/h6,8-9H,2,10-11H2,1,3-4H3. The first-order valence-corrected chi connectivity index (χ1v) is 6.28. The Hall–Kier alpha value is -2.21. The minimum atomic E-state index is 0.361. The third kappa shape index (κ3) is 2.34. The first-order valence-electron chi connectivity index (χ1n) is 6.28. The number of allylic oxidation sites excluding steroid dienone is 1. The van der Waals surface area contributed by atoms with Crippen molar-refractivity contribution in [2.75, 3.05) is 6.61 Å². The minimum Gasteiger partial charge on any atom is -0.463 e. The number of hydrogen-bond acceptors (Lipinski definition) is 2. The highest BCUT2D eigenvalue weighted by Gasteiger charge is 2.15. The Labute approximate surface area is 113 Å². The Balaban J connectivity index is 2.60. The Morgan fingerprint density at radius 3 is 2.95 bits per heavy atom. The Bertz CT molecular complexity index is 671. The van der Waals surface area contributed by atoms with Gasteiger partial charge in [0.1, 0.15) is 5.52 Å². The molecule has 0 aliphatic carbocycles. The number of aryl methyl sites for hydroxylation is 1. The van der Waals surface area contributed by atoms with Crippen LogP contribution in [0.5, 0.6) is 5.88 Å². The molecule has 2 aromatic heterocycles. The van der Waals surface area contributed by atoms with Crippen molar-refractivity contribution < 1.29 is 4.74 Å². The van der Waals surface area contributed by atoms with Gasteiger partial charge >= 0.3 is 0 Å². The highest BCUT2D eigenvalue weighted by molar-refractivity contribution is 5.88. The molecular weight excluding hydrogens is 236 g/mol. The van der Waals surface area contributed by atoms with Crippen LogP contribution in [0.3, 0.4) is 0 Å². The summed E-state index contributed by atoms with van der Waals surface area (Å²) in [5.41, 5.74) is 3.50. The van der Waals surface area contributed by atoms with E-state index in [9.17, 15) is 0 Å². The van der Waals surface area contributed by atoms with Crippen LogP contribution in [0.25, 0.3) is 10.9 Å². The van der Waals surface area contributed by atoms with Crippen molar-refractivity contribution in [3.63, 3.8) is 0 Å². The first-order chi connectivity index (χ1) is 9.20. The summed E-state index contributed by atoms with van der Waals surface area (Å²) in [6.07, 6.45) is 3.66. The molecular formula is C16H18N2O. The third-order valence-electron chi connectivity index (χ3n) is 3.28. The van der Waals surface area contributed by atoms with Crippen molar-refractivity contribution >= 4 is 10.9 Å². The fraction of sp³-hybridized carbons (Fsp3) is 0.312. The fourth-order valence-electron chi connectivity index (χ4n) is 2.20. The van der Waals surface area contributed by atoms with Gasteiger partial charge in [0.2, 0.25) is 5.88 Å². The van der Waals surface area contributed by atoms with Crippen LogP contribution in [0.1, 0.15) is 18.2 Å². The molecule has 0 amide bonds. The Kier molecular flexibility index (Phi) is 3.91. The van der Waals surface area contributed by atoms with Gasteiger partial charge in [0.15, 0.2) is 6.61 Å². The molecule has 0 aliphatic heterocycles. The molecule has 0 N–H and O–H groups in total. The normalized spacial score (nSPS) is 10.1. The van der Waals surface area contributed by atoms with Gasteiger partial charge in [-0.2, -0.15) is 0 Å². The van der Waals surface area contributed by atoms with Crippen molar-refractivity contribution in [1.29, 1.82) is 0 Å². The van der Waals surface area contributed by atoms with Crippen LogP contribution >= 0.6 is 0 Å². The van der Waals surface area contributed by atoms with E-state index in [0.717, 1.165) is 12.1 Å². The number of hydrogen-bond donors (Lipinski definition) is 0. The minimum absolute atomic E-state index is 0.361. The van der Waals surface area contributed by atoms with E-state index in [1.54, 1.807) is 13.1 Å². The van der Waals surface area contributed by atoms with Gasteiger partial charge in [0, 0.05) is 23.8 Å². The molecule has 3 heteroatoms. The van der Waals surface area contributed by atoms with E-state index in [2.05, 4.69) is 41.8 Å². The third-order valence-corrected chi connectivity index (χ3v) is 3.28. The molecule has 0 aromatic carbocycles. The summed E-state index contributed by atoms with van der Waals surface area (Å²) in [5.74, 6) is 6.35. The zero-order valence-corrected chi connectivity index (χ0v) is 11.7. The number of fused-ring (bicyclic) bond motifs is 1. The lowest BCUT2D eigenvalue weighted by Gasteiger charge is -2.08. The first kappa shape index (κ1) is 13.2. The maximum atomic E-state index is 5.68. The summed E-state index contributed by atoms with van der Waals surface area (Å²) in [6.45, 7) is 10.9. The van der Waals surface area contributed by atoms with Crippen molar-refractivity contribution in [2.24, 2.45) is 0 Å². The lowest BCUT2D eigenvalue weighted by atomic mass is 10.2. The van der Waals surface area contributed by atoms with E-state index < -0.39 is 0 Å². The molecule has 0 saturated heterocycles. The largest absolute Gasteiger partial charge is 0.463 e. The summed E-state index contributed by atoms with van der Waals surface area (Å²) in [6, 6.07) is 2.02. The molecule has 98 valence electrons. The highest BCUT2D eigenvalue weighted by atomic mass is 16.5. The van der Waals surface area contributed by atoms with Gasteiger partial charge in [-0.25, -0.2) is 4.98 Å². The zero-order chi connectivity index (χ0) is 13.8. The number of rotatable bonds is 4. The lowest BCUT2D eigenvalue weighted by molar-refractivity contribution is 0.358. The van der Waals surface area contributed by atoms with E-state index in [0.29, 0.717) is 12.5 Å². The summed E-state index contributed by atoms with van der Waals surface area (Å²) < 4.78 is 7.86. The molecule has 0 spiro atoms. The molecule has 0 bridgehead atoms. The summed E-state index contributed by atoms with van der Waals surface area (Å²) in [7, 11) is 0. The smallest absolute Gasteiger partial charge is 0.239 e. The van der Waals surface area contributed by atoms with Crippen LogP contribution in [-0.4, -0.2) is 16.2 Å². The Morgan fingerprint density at radius 1 is 1.47 bits per heavy atom. The molecule has 0 radical (unpaired) electrons. The number of ether oxygens (including phenoxy) is 1. The second-order valence-corrected chi connectivity index (χ2v) is 4.34. The van der Waals surface area contributed by atoms with E-state index >= 15 is 0 Å². The fourth-order valence-corrected chi connectivity index (χ4v) is 2.20. The molecule has 3 nitrogen and oxygen atoms in total. The summed E-state index contributed by atoms with van der Waals surface area (Å²) in [4.78, 5) is 4.33. The topological polar surface area (TPSA) is 27.1 Å². The van der Waals surface area contributed by atoms with E-state index in [1.165, 1.54) is 16.6 Å². The number of nitrogens with zero attached hydrogens (tertiary/aromatic N) is 2. The van der Waals surface area contributed by atoms with Crippen LogP contribution in [0.4, 0.5) is 0 Å². The van der Waals surface area contributed by atoms with Crippen LogP contribution in [0.2, 0.25) is 0 Å². The van der Waals surface area contributed by atoms with Gasteiger partial charge in [-0.05, 0) is 32.4 Å². The molecule has 0 unspecified atom stereocenters. The number of pyridine rings is 1.